The Labute approximate surface area is 216 Å². The lowest BCUT2D eigenvalue weighted by Gasteiger charge is -2.31. The topological polar surface area (TPSA) is 98.8 Å². The van der Waals surface area contributed by atoms with Crippen LogP contribution in [0, 0.1) is 10.1 Å². The first-order chi connectivity index (χ1) is 16.6. The quantitative estimate of drug-likeness (QED) is 0.201. The summed E-state index contributed by atoms with van der Waals surface area (Å²) < 4.78 is 1.82. The van der Waals surface area contributed by atoms with Crippen LogP contribution < -0.4 is 5.32 Å². The molecule has 0 bridgehead atoms. The Kier molecular flexibility index (Phi) is 7.70. The van der Waals surface area contributed by atoms with E-state index in [1.165, 1.54) is 17.7 Å². The minimum Gasteiger partial charge on any atom is -0.371 e. The first-order valence-electron chi connectivity index (χ1n) is 12.2. The maximum atomic E-state index is 11.1. The van der Waals surface area contributed by atoms with E-state index in [0.29, 0.717) is 5.82 Å². The van der Waals surface area contributed by atoms with E-state index in [0.717, 1.165) is 11.3 Å². The zero-order valence-electron chi connectivity index (χ0n) is 22.8. The van der Waals surface area contributed by atoms with Gasteiger partial charge in [-0.3, -0.25) is 10.1 Å². The van der Waals surface area contributed by atoms with Gasteiger partial charge in [-0.25, -0.2) is 4.68 Å². The summed E-state index contributed by atoms with van der Waals surface area (Å²) in [6.45, 7) is 20.7. The number of nitro benzene ring substituents is 1. The molecule has 3 aromatic rings. The maximum absolute atomic E-state index is 11.1. The van der Waals surface area contributed by atoms with Crippen LogP contribution in [0.25, 0.3) is 6.08 Å². The fourth-order valence-corrected chi connectivity index (χ4v) is 14.7. The van der Waals surface area contributed by atoms with Gasteiger partial charge in [-0.1, -0.05) is 74.4 Å². The molecule has 0 saturated carbocycles. The highest BCUT2D eigenvalue weighted by Crippen LogP contribution is 2.31. The van der Waals surface area contributed by atoms with Crippen molar-refractivity contribution in [3.8, 4) is 0 Å². The molecule has 0 aliphatic rings. The van der Waals surface area contributed by atoms with E-state index in [-0.39, 0.29) is 17.3 Å². The average Bonchev–Trinajstić information content (AvgIpc) is 3.25. The fourth-order valence-electron chi connectivity index (χ4n) is 4.50. The third kappa shape index (κ3) is 6.55. The number of nitro groups is 1. The number of non-ortho nitro benzene ring substituents is 1. The second-order valence-electron chi connectivity index (χ2n) is 12.2. The molecule has 1 unspecified atom stereocenters. The molecule has 36 heavy (non-hydrogen) atoms. The number of rotatable bonds is 8. The molecule has 0 saturated heterocycles. The Morgan fingerprint density at radius 3 is 2.00 bits per heavy atom. The van der Waals surface area contributed by atoms with Gasteiger partial charge < -0.3 is 5.32 Å². The molecule has 0 spiro atoms. The van der Waals surface area contributed by atoms with E-state index in [4.69, 9.17) is 0 Å². The number of benzene rings is 2. The van der Waals surface area contributed by atoms with Gasteiger partial charge in [0.25, 0.3) is 5.69 Å². The highest BCUT2D eigenvalue weighted by atomic mass is 28.4. The number of anilines is 1. The Balaban J connectivity index is 2.04. The standard InChI is InChI=1S/C26H38N6O2Si2/c1-26(2,3)31-25(28-29-30-31)24(27-21-14-16-22(17-15-21)32(33)34)20-12-10-19(11-13-20)18-23(35(4,5)6)36(7,8)9/h10-18,24,27H,1-9H3. The summed E-state index contributed by atoms with van der Waals surface area (Å²) in [4.78, 5) is 12.3. The Hall–Kier alpha value is -3.12. The lowest BCUT2D eigenvalue weighted by molar-refractivity contribution is -0.384. The molecule has 192 valence electrons. The van der Waals surface area contributed by atoms with Crippen molar-refractivity contribution >= 4 is 33.6 Å². The lowest BCUT2D eigenvalue weighted by atomic mass is 10.0. The molecule has 0 fully saturated rings. The van der Waals surface area contributed by atoms with E-state index in [2.05, 4.69) is 111 Å². The first kappa shape index (κ1) is 27.5. The minimum absolute atomic E-state index is 0.0494. The number of nitrogens with one attached hydrogen (secondary N) is 1. The first-order valence-corrected chi connectivity index (χ1v) is 19.2. The smallest absolute Gasteiger partial charge is 0.269 e. The summed E-state index contributed by atoms with van der Waals surface area (Å²) in [6.07, 6.45) is 2.40. The molecular weight excluding hydrogens is 484 g/mol. The van der Waals surface area contributed by atoms with Gasteiger partial charge in [0.2, 0.25) is 0 Å². The van der Waals surface area contributed by atoms with E-state index in [1.807, 2.05) is 4.68 Å². The molecule has 1 aromatic heterocycles. The highest BCUT2D eigenvalue weighted by Gasteiger charge is 2.31. The third-order valence-electron chi connectivity index (χ3n) is 5.97. The van der Waals surface area contributed by atoms with Crippen molar-refractivity contribution in [1.82, 2.24) is 20.2 Å². The molecule has 1 heterocycles. The van der Waals surface area contributed by atoms with Gasteiger partial charge in [0.15, 0.2) is 5.82 Å². The van der Waals surface area contributed by atoms with Crippen LogP contribution in [0.15, 0.2) is 53.4 Å². The normalized spacial score (nSPS) is 13.2. The summed E-state index contributed by atoms with van der Waals surface area (Å²) in [7, 11) is -2.89. The average molecular weight is 523 g/mol. The van der Waals surface area contributed by atoms with Gasteiger partial charge in [-0.15, -0.1) is 5.10 Å². The molecule has 0 aliphatic heterocycles. The summed E-state index contributed by atoms with van der Waals surface area (Å²) in [5.41, 5.74) is 2.68. The van der Waals surface area contributed by atoms with E-state index >= 15 is 0 Å². The van der Waals surface area contributed by atoms with Gasteiger partial charge in [-0.05, 0) is 54.5 Å². The van der Waals surface area contributed by atoms with E-state index in [9.17, 15) is 10.1 Å². The van der Waals surface area contributed by atoms with Crippen LogP contribution in [0.5, 0.6) is 0 Å². The van der Waals surface area contributed by atoms with Crippen LogP contribution in [0.4, 0.5) is 11.4 Å². The Morgan fingerprint density at radius 2 is 1.53 bits per heavy atom. The van der Waals surface area contributed by atoms with Crippen molar-refractivity contribution in [3.05, 3.63) is 80.4 Å². The van der Waals surface area contributed by atoms with Crippen molar-refractivity contribution in [1.29, 1.82) is 0 Å². The third-order valence-corrected chi connectivity index (χ3v) is 14.0. The van der Waals surface area contributed by atoms with Crippen molar-refractivity contribution in [3.63, 3.8) is 0 Å². The summed E-state index contributed by atoms with van der Waals surface area (Å²) in [5, 5.41) is 27.2. The molecule has 0 aliphatic carbocycles. The summed E-state index contributed by atoms with van der Waals surface area (Å²) in [6, 6.07) is 14.6. The molecule has 0 radical (unpaired) electrons. The fraction of sp³-hybridized carbons (Fsp3) is 0.423. The number of hydrogen-bond acceptors (Lipinski definition) is 6. The predicted molar refractivity (Wildman–Crippen MR) is 152 cm³/mol. The van der Waals surface area contributed by atoms with Gasteiger partial charge in [-0.2, -0.15) is 0 Å². The van der Waals surface area contributed by atoms with Crippen LogP contribution in [0.3, 0.4) is 0 Å². The molecule has 8 nitrogen and oxygen atoms in total. The van der Waals surface area contributed by atoms with Crippen molar-refractivity contribution < 1.29 is 4.92 Å². The zero-order valence-corrected chi connectivity index (χ0v) is 24.8. The van der Waals surface area contributed by atoms with Crippen molar-refractivity contribution in [2.24, 2.45) is 0 Å². The van der Waals surface area contributed by atoms with Crippen LogP contribution in [0.2, 0.25) is 39.3 Å². The van der Waals surface area contributed by atoms with Gasteiger partial charge in [0.1, 0.15) is 6.04 Å². The second-order valence-corrected chi connectivity index (χ2v) is 22.8. The van der Waals surface area contributed by atoms with Gasteiger partial charge in [0.05, 0.1) is 26.6 Å². The monoisotopic (exact) mass is 522 g/mol. The lowest BCUT2D eigenvalue weighted by Crippen LogP contribution is -2.39. The predicted octanol–water partition coefficient (Wildman–Crippen LogP) is 6.68. The van der Waals surface area contributed by atoms with E-state index in [1.54, 1.807) is 17.0 Å². The summed E-state index contributed by atoms with van der Waals surface area (Å²) >= 11 is 0. The summed E-state index contributed by atoms with van der Waals surface area (Å²) in [5.74, 6) is 0.675. The Morgan fingerprint density at radius 1 is 0.972 bits per heavy atom. The highest BCUT2D eigenvalue weighted by molar-refractivity contribution is 7.05. The minimum atomic E-state index is -1.44. The SMILES string of the molecule is CC(C)(C)n1nnnc1C(Nc1ccc([N+](=O)[O-])cc1)c1ccc(C=C([Si](C)(C)C)[Si](C)(C)C)cc1. The number of tetrazole rings is 1. The van der Waals surface area contributed by atoms with Crippen LogP contribution >= 0.6 is 0 Å². The number of nitrogens with zero attached hydrogens (tertiary/aromatic N) is 5. The zero-order chi connectivity index (χ0) is 26.9. The van der Waals surface area contributed by atoms with E-state index < -0.39 is 21.1 Å². The molecule has 0 amide bonds. The van der Waals surface area contributed by atoms with Crippen LogP contribution in [-0.2, 0) is 5.54 Å². The Bertz CT molecular complexity index is 1220. The van der Waals surface area contributed by atoms with Gasteiger partial charge >= 0.3 is 0 Å². The molecule has 10 heteroatoms. The largest absolute Gasteiger partial charge is 0.371 e. The molecule has 2 aromatic carbocycles. The molecule has 1 N–H and O–H groups in total. The van der Waals surface area contributed by atoms with Gasteiger partial charge in [0, 0.05) is 17.8 Å². The molecular formula is C26H38N6O2Si2. The maximum Gasteiger partial charge on any atom is 0.269 e. The number of hydrogen-bond donors (Lipinski definition) is 1. The molecule has 1 atom stereocenters. The van der Waals surface area contributed by atoms with Crippen molar-refractivity contribution in [2.75, 3.05) is 5.32 Å². The number of aromatic nitrogens is 4. The second kappa shape index (κ2) is 10.1. The van der Waals surface area contributed by atoms with Crippen LogP contribution in [-0.4, -0.2) is 41.3 Å². The molecule has 3 rings (SSSR count). The van der Waals surface area contributed by atoms with Crippen LogP contribution in [0.1, 0.15) is 43.8 Å². The van der Waals surface area contributed by atoms with Crippen molar-refractivity contribution in [2.45, 2.75) is 71.6 Å².